The minimum atomic E-state index is 0.0784. The quantitative estimate of drug-likeness (QED) is 0.651. The van der Waals surface area contributed by atoms with Gasteiger partial charge in [-0.15, -0.1) is 0 Å². The molecule has 17 heavy (non-hydrogen) atoms. The molecule has 1 aromatic rings. The van der Waals surface area contributed by atoms with E-state index in [1.807, 2.05) is 31.3 Å². The topological polar surface area (TPSA) is 20.3 Å². The Morgan fingerprint density at radius 3 is 2.65 bits per heavy atom. The van der Waals surface area contributed by atoms with Gasteiger partial charge in [-0.2, -0.15) is 0 Å². The molecule has 0 bridgehead atoms. The number of benzene rings is 1. The van der Waals surface area contributed by atoms with Crippen molar-refractivity contribution in [2.24, 2.45) is 0 Å². The summed E-state index contributed by atoms with van der Waals surface area (Å²) in [7, 11) is 2.00. The van der Waals surface area contributed by atoms with Gasteiger partial charge in [0, 0.05) is 11.9 Å². The lowest BCUT2D eigenvalue weighted by atomic mass is 10.1. The predicted octanol–water partition coefficient (Wildman–Crippen LogP) is 3.14. The van der Waals surface area contributed by atoms with E-state index in [4.69, 9.17) is 0 Å². The Bertz CT molecular complexity index is 584. The summed E-state index contributed by atoms with van der Waals surface area (Å²) in [4.78, 5) is 15.1. The fourth-order valence-corrected chi connectivity index (χ4v) is 3.16. The van der Waals surface area contributed by atoms with E-state index in [9.17, 15) is 4.79 Å². The molecule has 0 aromatic heterocycles. The molecule has 84 valence electrons. The monoisotopic (exact) mass is 241 g/mol. The molecule has 0 unspecified atom stereocenters. The SMILES string of the molecule is CN1/C(=C2\C=CC=CC2=O)Sc2ccccc21. The van der Waals surface area contributed by atoms with Gasteiger partial charge in [0.1, 0.15) is 0 Å². The molecule has 2 aliphatic rings. The number of anilines is 1. The maximum atomic E-state index is 11.8. The first-order chi connectivity index (χ1) is 8.27. The van der Waals surface area contributed by atoms with E-state index < -0.39 is 0 Å². The lowest BCUT2D eigenvalue weighted by Crippen LogP contribution is -2.14. The number of nitrogens with zero attached hydrogens (tertiary/aromatic N) is 1. The summed E-state index contributed by atoms with van der Waals surface area (Å²) in [6.45, 7) is 0. The van der Waals surface area contributed by atoms with Gasteiger partial charge < -0.3 is 4.90 Å². The van der Waals surface area contributed by atoms with Crippen molar-refractivity contribution >= 4 is 23.2 Å². The number of hydrogen-bond donors (Lipinski definition) is 0. The van der Waals surface area contributed by atoms with Gasteiger partial charge in [-0.25, -0.2) is 0 Å². The Labute approximate surface area is 104 Å². The normalized spacial score (nSPS) is 22.2. The molecule has 2 nitrogen and oxygen atoms in total. The molecule has 0 amide bonds. The lowest BCUT2D eigenvalue weighted by Gasteiger charge is -2.16. The van der Waals surface area contributed by atoms with E-state index in [2.05, 4.69) is 17.0 Å². The highest BCUT2D eigenvalue weighted by Crippen LogP contribution is 2.46. The van der Waals surface area contributed by atoms with E-state index in [0.717, 1.165) is 16.3 Å². The van der Waals surface area contributed by atoms with Crippen LogP contribution in [0.2, 0.25) is 0 Å². The van der Waals surface area contributed by atoms with Crippen LogP contribution in [0.25, 0.3) is 0 Å². The van der Waals surface area contributed by atoms with Gasteiger partial charge in [-0.1, -0.05) is 36.0 Å². The third-order valence-corrected chi connectivity index (χ3v) is 4.11. The number of rotatable bonds is 0. The molecule has 0 N–H and O–H groups in total. The van der Waals surface area contributed by atoms with Crippen molar-refractivity contribution in [3.05, 3.63) is 59.2 Å². The molecule has 3 rings (SSSR count). The van der Waals surface area contributed by atoms with Crippen LogP contribution in [0.3, 0.4) is 0 Å². The minimum Gasteiger partial charge on any atom is -0.338 e. The maximum Gasteiger partial charge on any atom is 0.188 e. The number of hydrogen-bond acceptors (Lipinski definition) is 3. The Kier molecular flexibility index (Phi) is 2.41. The number of para-hydroxylation sites is 1. The molecular weight excluding hydrogens is 230 g/mol. The summed E-state index contributed by atoms with van der Waals surface area (Å²) >= 11 is 1.65. The third kappa shape index (κ3) is 1.63. The first-order valence-corrected chi connectivity index (χ1v) is 6.23. The number of carbonyl (C=O) groups excluding carboxylic acids is 1. The number of thioether (sulfide) groups is 1. The second-order valence-electron chi connectivity index (χ2n) is 3.93. The Balaban J connectivity index is 2.10. The molecule has 1 aliphatic carbocycles. The first kappa shape index (κ1) is 10.4. The van der Waals surface area contributed by atoms with Gasteiger partial charge in [0.25, 0.3) is 0 Å². The fourth-order valence-electron chi connectivity index (χ4n) is 1.98. The molecule has 0 radical (unpaired) electrons. The van der Waals surface area contributed by atoms with Crippen LogP contribution in [-0.2, 0) is 4.79 Å². The predicted molar refractivity (Wildman–Crippen MR) is 71.0 cm³/mol. The maximum absolute atomic E-state index is 11.8. The van der Waals surface area contributed by atoms with E-state index in [1.54, 1.807) is 23.9 Å². The van der Waals surface area contributed by atoms with Crippen LogP contribution in [0.15, 0.2) is 64.1 Å². The van der Waals surface area contributed by atoms with Crippen molar-refractivity contribution in [2.45, 2.75) is 4.90 Å². The minimum absolute atomic E-state index is 0.0784. The molecule has 0 saturated heterocycles. The van der Waals surface area contributed by atoms with Gasteiger partial charge in [0.2, 0.25) is 0 Å². The third-order valence-electron chi connectivity index (χ3n) is 2.86. The Morgan fingerprint density at radius 1 is 1.12 bits per heavy atom. The number of allylic oxidation sites excluding steroid dienone is 5. The average molecular weight is 241 g/mol. The average Bonchev–Trinajstić information content (AvgIpc) is 2.68. The van der Waals surface area contributed by atoms with Crippen LogP contribution < -0.4 is 4.90 Å². The van der Waals surface area contributed by atoms with Crippen LogP contribution in [0.5, 0.6) is 0 Å². The molecule has 3 heteroatoms. The molecule has 0 atom stereocenters. The second kappa shape index (κ2) is 3.93. The summed E-state index contributed by atoms with van der Waals surface area (Å²) < 4.78 is 0. The zero-order valence-electron chi connectivity index (χ0n) is 9.38. The van der Waals surface area contributed by atoms with Crippen molar-refractivity contribution < 1.29 is 4.79 Å². The summed E-state index contributed by atoms with van der Waals surface area (Å²) in [6, 6.07) is 8.19. The molecule has 1 aromatic carbocycles. The van der Waals surface area contributed by atoms with E-state index in [-0.39, 0.29) is 5.78 Å². The largest absolute Gasteiger partial charge is 0.338 e. The molecule has 0 fully saturated rings. The summed E-state index contributed by atoms with van der Waals surface area (Å²) in [5, 5.41) is 1.01. The van der Waals surface area contributed by atoms with Crippen LogP contribution >= 0.6 is 11.8 Å². The van der Waals surface area contributed by atoms with Crippen molar-refractivity contribution in [1.82, 2.24) is 0 Å². The summed E-state index contributed by atoms with van der Waals surface area (Å²) in [6.07, 6.45) is 7.17. The van der Waals surface area contributed by atoms with Gasteiger partial charge in [0.05, 0.1) is 16.3 Å². The molecular formula is C14H11NOS. The summed E-state index contributed by atoms with van der Waals surface area (Å²) in [5.41, 5.74) is 1.94. The molecule has 0 saturated carbocycles. The van der Waals surface area contributed by atoms with Crippen molar-refractivity contribution in [3.8, 4) is 0 Å². The number of ketones is 1. The lowest BCUT2D eigenvalue weighted by molar-refractivity contribution is -0.111. The standard InChI is InChI=1S/C14H11NOS/c1-15-11-7-3-5-9-13(11)17-14(15)10-6-2-4-8-12(10)16/h2-9H,1H3/b14-10-. The van der Waals surface area contributed by atoms with Gasteiger partial charge in [-0.3, -0.25) is 4.79 Å². The number of carbonyl (C=O) groups is 1. The second-order valence-corrected chi connectivity index (χ2v) is 4.96. The highest BCUT2D eigenvalue weighted by atomic mass is 32.2. The van der Waals surface area contributed by atoms with Crippen molar-refractivity contribution in [2.75, 3.05) is 11.9 Å². The Morgan fingerprint density at radius 2 is 1.88 bits per heavy atom. The first-order valence-electron chi connectivity index (χ1n) is 5.41. The highest BCUT2D eigenvalue weighted by Gasteiger charge is 2.26. The Hall–Kier alpha value is -1.74. The zero-order chi connectivity index (χ0) is 11.8. The zero-order valence-corrected chi connectivity index (χ0v) is 10.2. The molecule has 0 spiro atoms. The highest BCUT2D eigenvalue weighted by molar-refractivity contribution is 8.03. The number of fused-ring (bicyclic) bond motifs is 1. The van der Waals surface area contributed by atoms with Crippen molar-refractivity contribution in [1.29, 1.82) is 0 Å². The van der Waals surface area contributed by atoms with Crippen LogP contribution in [0, 0.1) is 0 Å². The van der Waals surface area contributed by atoms with E-state index in [0.29, 0.717) is 0 Å². The van der Waals surface area contributed by atoms with Crippen LogP contribution in [-0.4, -0.2) is 12.8 Å². The molecule has 1 aliphatic heterocycles. The molecule has 1 heterocycles. The van der Waals surface area contributed by atoms with Gasteiger partial charge >= 0.3 is 0 Å². The van der Waals surface area contributed by atoms with Gasteiger partial charge in [-0.05, 0) is 24.3 Å². The summed E-state index contributed by atoms with van der Waals surface area (Å²) in [5.74, 6) is 0.0784. The van der Waals surface area contributed by atoms with E-state index in [1.165, 1.54) is 4.90 Å². The van der Waals surface area contributed by atoms with E-state index >= 15 is 0 Å². The van der Waals surface area contributed by atoms with Crippen molar-refractivity contribution in [3.63, 3.8) is 0 Å². The van der Waals surface area contributed by atoms with Crippen LogP contribution in [0.4, 0.5) is 5.69 Å². The van der Waals surface area contributed by atoms with Gasteiger partial charge in [0.15, 0.2) is 5.78 Å². The smallest absolute Gasteiger partial charge is 0.188 e. The van der Waals surface area contributed by atoms with Crippen LogP contribution in [0.1, 0.15) is 0 Å². The fraction of sp³-hybridized carbons (Fsp3) is 0.0714.